The van der Waals surface area contributed by atoms with Crippen LogP contribution in [0.5, 0.6) is 0 Å². The first kappa shape index (κ1) is 12.5. The van der Waals surface area contributed by atoms with Crippen LogP contribution in [0.3, 0.4) is 0 Å². The molecule has 6 heteroatoms. The van der Waals surface area contributed by atoms with Gasteiger partial charge in [0.25, 0.3) is 0 Å². The molecule has 1 unspecified atom stereocenters. The summed E-state index contributed by atoms with van der Waals surface area (Å²) in [5.41, 5.74) is 1.74. The number of hydrogen-bond donors (Lipinski definition) is 2. The van der Waals surface area contributed by atoms with E-state index in [0.717, 1.165) is 0 Å². The Bertz CT molecular complexity index is 338. The van der Waals surface area contributed by atoms with Crippen LogP contribution in [-0.2, 0) is 5.60 Å². The molecule has 1 rings (SSSR count). The third-order valence-electron chi connectivity index (χ3n) is 2.09. The second kappa shape index (κ2) is 4.11. The molecule has 0 spiro atoms. The van der Waals surface area contributed by atoms with Crippen molar-refractivity contribution in [3.05, 3.63) is 34.3 Å². The highest BCUT2D eigenvalue weighted by molar-refractivity contribution is 9.10. The fourth-order valence-electron chi connectivity index (χ4n) is 1.12. The molecule has 0 aliphatic heterocycles. The summed E-state index contributed by atoms with van der Waals surface area (Å²) in [6.45, 7) is -0.905. The van der Waals surface area contributed by atoms with Crippen LogP contribution < -0.4 is 5.73 Å². The van der Waals surface area contributed by atoms with Crippen LogP contribution in [0.2, 0.25) is 0 Å². The smallest absolute Gasteiger partial charge is 0.375 e. The highest BCUT2D eigenvalue weighted by Crippen LogP contribution is 2.38. The van der Waals surface area contributed by atoms with Crippen LogP contribution in [0.25, 0.3) is 0 Å². The third-order valence-corrected chi connectivity index (χ3v) is 2.61. The van der Waals surface area contributed by atoms with E-state index in [-0.39, 0.29) is 5.56 Å². The lowest BCUT2D eigenvalue weighted by atomic mass is 9.93. The van der Waals surface area contributed by atoms with Gasteiger partial charge in [-0.2, -0.15) is 13.2 Å². The van der Waals surface area contributed by atoms with Crippen molar-refractivity contribution in [2.45, 2.75) is 11.8 Å². The van der Waals surface area contributed by atoms with Gasteiger partial charge >= 0.3 is 6.18 Å². The SMILES string of the molecule is NCC(O)(c1ccc(Br)cc1)C(F)(F)F. The molecule has 1 atom stereocenters. The quantitative estimate of drug-likeness (QED) is 0.874. The van der Waals surface area contributed by atoms with Crippen molar-refractivity contribution in [3.63, 3.8) is 0 Å². The molecule has 1 aromatic carbocycles. The molecule has 3 N–H and O–H groups in total. The zero-order valence-corrected chi connectivity index (χ0v) is 9.14. The average molecular weight is 284 g/mol. The minimum absolute atomic E-state index is 0.263. The number of halogens is 4. The Labute approximate surface area is 93.0 Å². The second-order valence-corrected chi connectivity index (χ2v) is 3.98. The first-order chi connectivity index (χ1) is 6.81. The Kier molecular flexibility index (Phi) is 3.42. The molecule has 0 aromatic heterocycles. The molecule has 0 heterocycles. The minimum atomic E-state index is -4.78. The Hall–Kier alpha value is -0.590. The van der Waals surface area contributed by atoms with E-state index < -0.39 is 18.3 Å². The molecular formula is C9H9BrF3NO. The zero-order valence-electron chi connectivity index (χ0n) is 7.55. The van der Waals surface area contributed by atoms with Crippen LogP contribution in [0.15, 0.2) is 28.7 Å². The molecule has 1 aromatic rings. The van der Waals surface area contributed by atoms with E-state index in [2.05, 4.69) is 15.9 Å². The molecule has 0 saturated heterocycles. The van der Waals surface area contributed by atoms with E-state index in [1.54, 1.807) is 0 Å². The maximum Gasteiger partial charge on any atom is 0.422 e. The standard InChI is InChI=1S/C9H9BrF3NO/c10-7-3-1-6(2-4-7)8(15,5-14)9(11,12)13/h1-4,15H,5,14H2. The van der Waals surface area contributed by atoms with Crippen molar-refractivity contribution >= 4 is 15.9 Å². The number of alkyl halides is 3. The molecule has 0 bridgehead atoms. The molecule has 0 saturated carbocycles. The summed E-state index contributed by atoms with van der Waals surface area (Å²) in [5.74, 6) is 0. The van der Waals surface area contributed by atoms with Gasteiger partial charge in [-0.05, 0) is 17.7 Å². The lowest BCUT2D eigenvalue weighted by Gasteiger charge is -2.29. The Morgan fingerprint density at radius 1 is 1.20 bits per heavy atom. The largest absolute Gasteiger partial charge is 0.422 e. The monoisotopic (exact) mass is 283 g/mol. The summed E-state index contributed by atoms with van der Waals surface area (Å²) >= 11 is 3.09. The Morgan fingerprint density at radius 2 is 1.67 bits per heavy atom. The molecule has 2 nitrogen and oxygen atoms in total. The highest BCUT2D eigenvalue weighted by atomic mass is 79.9. The normalized spacial score (nSPS) is 16.1. The highest BCUT2D eigenvalue weighted by Gasteiger charge is 2.53. The van der Waals surface area contributed by atoms with Crippen LogP contribution >= 0.6 is 15.9 Å². The van der Waals surface area contributed by atoms with Crippen molar-refractivity contribution in [2.24, 2.45) is 5.73 Å². The van der Waals surface area contributed by atoms with Gasteiger partial charge in [0.15, 0.2) is 5.60 Å². The second-order valence-electron chi connectivity index (χ2n) is 3.07. The van der Waals surface area contributed by atoms with Gasteiger partial charge < -0.3 is 10.8 Å². The van der Waals surface area contributed by atoms with Gasteiger partial charge in [-0.15, -0.1) is 0 Å². The van der Waals surface area contributed by atoms with Crippen LogP contribution in [0.1, 0.15) is 5.56 Å². The summed E-state index contributed by atoms with van der Waals surface area (Å²) in [5, 5.41) is 9.45. The van der Waals surface area contributed by atoms with E-state index in [4.69, 9.17) is 5.73 Å². The molecule has 15 heavy (non-hydrogen) atoms. The number of hydrogen-bond acceptors (Lipinski definition) is 2. The molecule has 0 amide bonds. The van der Waals surface area contributed by atoms with E-state index >= 15 is 0 Å². The molecule has 0 aliphatic carbocycles. The van der Waals surface area contributed by atoms with Crippen LogP contribution in [0.4, 0.5) is 13.2 Å². The van der Waals surface area contributed by atoms with Crippen LogP contribution in [-0.4, -0.2) is 17.8 Å². The average Bonchev–Trinajstić information content (AvgIpc) is 2.16. The Morgan fingerprint density at radius 3 is 2.00 bits per heavy atom. The summed E-state index contributed by atoms with van der Waals surface area (Å²) in [7, 11) is 0. The Balaban J connectivity index is 3.18. The zero-order chi connectivity index (χ0) is 11.7. The number of aliphatic hydroxyl groups is 1. The molecule has 0 fully saturated rings. The van der Waals surface area contributed by atoms with E-state index in [9.17, 15) is 18.3 Å². The van der Waals surface area contributed by atoms with Crippen molar-refractivity contribution in [3.8, 4) is 0 Å². The van der Waals surface area contributed by atoms with Gasteiger partial charge in [0.1, 0.15) is 0 Å². The van der Waals surface area contributed by atoms with Gasteiger partial charge in [0, 0.05) is 11.0 Å². The molecule has 0 radical (unpaired) electrons. The van der Waals surface area contributed by atoms with Gasteiger partial charge in [-0.1, -0.05) is 28.1 Å². The van der Waals surface area contributed by atoms with Gasteiger partial charge in [0.2, 0.25) is 0 Å². The predicted molar refractivity (Wildman–Crippen MR) is 53.1 cm³/mol. The predicted octanol–water partition coefficient (Wildman–Crippen LogP) is 2.16. The number of nitrogens with two attached hydrogens (primary N) is 1. The lowest BCUT2D eigenvalue weighted by Crippen LogP contribution is -2.48. The first-order valence-electron chi connectivity index (χ1n) is 4.06. The molecular weight excluding hydrogens is 275 g/mol. The maximum absolute atomic E-state index is 12.5. The van der Waals surface area contributed by atoms with E-state index in [1.807, 2.05) is 0 Å². The van der Waals surface area contributed by atoms with Gasteiger partial charge in [0.05, 0.1) is 0 Å². The topological polar surface area (TPSA) is 46.2 Å². The van der Waals surface area contributed by atoms with E-state index in [1.165, 1.54) is 24.3 Å². The van der Waals surface area contributed by atoms with Crippen molar-refractivity contribution in [1.82, 2.24) is 0 Å². The lowest BCUT2D eigenvalue weighted by molar-refractivity contribution is -0.262. The molecule has 0 aliphatic rings. The fraction of sp³-hybridized carbons (Fsp3) is 0.333. The first-order valence-corrected chi connectivity index (χ1v) is 4.86. The third kappa shape index (κ3) is 2.32. The summed E-state index contributed by atoms with van der Waals surface area (Å²) in [6.07, 6.45) is -4.78. The number of rotatable bonds is 2. The molecule has 84 valence electrons. The summed E-state index contributed by atoms with van der Waals surface area (Å²) < 4.78 is 38.3. The van der Waals surface area contributed by atoms with Gasteiger partial charge in [-0.25, -0.2) is 0 Å². The van der Waals surface area contributed by atoms with Gasteiger partial charge in [-0.3, -0.25) is 0 Å². The van der Waals surface area contributed by atoms with Crippen molar-refractivity contribution < 1.29 is 18.3 Å². The maximum atomic E-state index is 12.5. The summed E-state index contributed by atoms with van der Waals surface area (Å²) in [6, 6.07) is 5.21. The van der Waals surface area contributed by atoms with E-state index in [0.29, 0.717) is 4.47 Å². The number of benzene rings is 1. The fourth-order valence-corrected chi connectivity index (χ4v) is 1.39. The van der Waals surface area contributed by atoms with Crippen molar-refractivity contribution in [2.75, 3.05) is 6.54 Å². The van der Waals surface area contributed by atoms with Crippen LogP contribution in [0, 0.1) is 0 Å². The minimum Gasteiger partial charge on any atom is -0.375 e. The summed E-state index contributed by atoms with van der Waals surface area (Å²) in [4.78, 5) is 0. The van der Waals surface area contributed by atoms with Crippen molar-refractivity contribution in [1.29, 1.82) is 0 Å².